The fourth-order valence-electron chi connectivity index (χ4n) is 2.40. The number of amides is 1. The van der Waals surface area contributed by atoms with Gasteiger partial charge in [0.05, 0.1) is 11.7 Å². The number of hydrogen-bond donors (Lipinski definition) is 2. The third-order valence-electron chi connectivity index (χ3n) is 3.70. The summed E-state index contributed by atoms with van der Waals surface area (Å²) >= 11 is 0. The van der Waals surface area contributed by atoms with E-state index in [1.54, 1.807) is 12.1 Å². The van der Waals surface area contributed by atoms with E-state index >= 15 is 0 Å². The number of aliphatic hydroxyl groups excluding tert-OH is 1. The van der Waals surface area contributed by atoms with Gasteiger partial charge in [-0.05, 0) is 29.7 Å². The zero-order valence-electron chi connectivity index (χ0n) is 13.2. The Morgan fingerprint density at radius 1 is 1.08 bits per heavy atom. The predicted molar refractivity (Wildman–Crippen MR) is 84.1 cm³/mol. The van der Waals surface area contributed by atoms with Crippen LogP contribution in [0.3, 0.4) is 0 Å². The maximum atomic E-state index is 13.5. The molecule has 0 aromatic heterocycles. The second kappa shape index (κ2) is 8.11. The van der Waals surface area contributed by atoms with Gasteiger partial charge in [0.25, 0.3) is 0 Å². The average molecular weight is 355 g/mol. The van der Waals surface area contributed by atoms with Crippen molar-refractivity contribution in [2.75, 3.05) is 6.54 Å². The molecule has 0 saturated heterocycles. The van der Waals surface area contributed by atoms with Crippen molar-refractivity contribution < 1.29 is 27.5 Å². The van der Waals surface area contributed by atoms with Crippen molar-refractivity contribution in [1.29, 1.82) is 0 Å². The summed E-state index contributed by atoms with van der Waals surface area (Å²) in [7, 11) is 0. The summed E-state index contributed by atoms with van der Waals surface area (Å²) in [6, 6.07) is 10.7. The molecule has 2 aromatic rings. The smallest absolute Gasteiger partial charge is 0.387 e. The topological polar surface area (TPSA) is 49.3 Å². The summed E-state index contributed by atoms with van der Waals surface area (Å²) < 4.78 is 52.2. The molecule has 2 N–H and O–H groups in total. The lowest BCUT2D eigenvalue weighted by Gasteiger charge is -2.18. The molecule has 2 aromatic carbocycles. The van der Waals surface area contributed by atoms with Crippen LogP contribution in [0.25, 0.3) is 0 Å². The molecule has 0 aliphatic carbocycles. The third-order valence-corrected chi connectivity index (χ3v) is 3.70. The molecule has 2 rings (SSSR count). The number of aryl methyl sites for hydroxylation is 1. The zero-order valence-corrected chi connectivity index (χ0v) is 13.2. The minimum atomic E-state index is -4.59. The van der Waals surface area contributed by atoms with E-state index in [1.165, 1.54) is 30.3 Å². The molecule has 25 heavy (non-hydrogen) atoms. The Balaban J connectivity index is 1.91. The molecule has 1 atom stereocenters. The van der Waals surface area contributed by atoms with Crippen LogP contribution in [-0.2, 0) is 17.4 Å². The van der Waals surface area contributed by atoms with Crippen molar-refractivity contribution in [3.63, 3.8) is 0 Å². The van der Waals surface area contributed by atoms with Crippen LogP contribution in [0.15, 0.2) is 48.5 Å². The van der Waals surface area contributed by atoms with Crippen molar-refractivity contribution in [2.24, 2.45) is 0 Å². The molecule has 0 heterocycles. The number of rotatable bonds is 6. The predicted octanol–water partition coefficient (Wildman–Crippen LogP) is 3.63. The SMILES string of the molecule is O=C(CCc1ccccc1F)NCC(O)c1ccccc1C(F)(F)F. The van der Waals surface area contributed by atoms with E-state index in [1.807, 2.05) is 0 Å². The standard InChI is InChI=1S/C18H17F4NO2/c19-15-8-4-1-5-12(15)9-10-17(25)23-11-16(24)13-6-2-3-7-14(13)18(20,21)22/h1-8,16,24H,9-11H2,(H,23,25). The summed E-state index contributed by atoms with van der Waals surface area (Å²) in [6.45, 7) is -0.358. The third kappa shape index (κ3) is 5.29. The van der Waals surface area contributed by atoms with Crippen LogP contribution in [0.4, 0.5) is 17.6 Å². The number of hydrogen-bond acceptors (Lipinski definition) is 2. The molecule has 0 bridgehead atoms. The van der Waals surface area contributed by atoms with Crippen LogP contribution in [0.2, 0.25) is 0 Å². The van der Waals surface area contributed by atoms with E-state index in [4.69, 9.17) is 0 Å². The van der Waals surface area contributed by atoms with E-state index in [2.05, 4.69) is 5.32 Å². The van der Waals surface area contributed by atoms with Crippen molar-refractivity contribution in [1.82, 2.24) is 5.32 Å². The van der Waals surface area contributed by atoms with Crippen LogP contribution in [-0.4, -0.2) is 17.6 Å². The Kier molecular flexibility index (Phi) is 6.14. The molecule has 134 valence electrons. The molecule has 3 nitrogen and oxygen atoms in total. The first-order valence-corrected chi connectivity index (χ1v) is 7.63. The van der Waals surface area contributed by atoms with Crippen molar-refractivity contribution in [3.05, 3.63) is 71.0 Å². The maximum absolute atomic E-state index is 13.5. The fourth-order valence-corrected chi connectivity index (χ4v) is 2.40. The number of alkyl halides is 3. The number of benzene rings is 2. The minimum Gasteiger partial charge on any atom is -0.387 e. The Morgan fingerprint density at radius 3 is 2.40 bits per heavy atom. The quantitative estimate of drug-likeness (QED) is 0.778. The van der Waals surface area contributed by atoms with Gasteiger partial charge in [-0.3, -0.25) is 4.79 Å². The van der Waals surface area contributed by atoms with Crippen molar-refractivity contribution in [3.8, 4) is 0 Å². The fraction of sp³-hybridized carbons (Fsp3) is 0.278. The number of aliphatic hydroxyl groups is 1. The van der Waals surface area contributed by atoms with Crippen LogP contribution in [0.1, 0.15) is 29.2 Å². The zero-order chi connectivity index (χ0) is 18.4. The van der Waals surface area contributed by atoms with Gasteiger partial charge in [-0.25, -0.2) is 4.39 Å². The van der Waals surface area contributed by atoms with Crippen molar-refractivity contribution >= 4 is 5.91 Å². The van der Waals surface area contributed by atoms with Gasteiger partial charge in [-0.15, -0.1) is 0 Å². The number of carbonyl (C=O) groups is 1. The first kappa shape index (κ1) is 18.9. The van der Waals surface area contributed by atoms with Gasteiger partial charge in [-0.2, -0.15) is 13.2 Å². The van der Waals surface area contributed by atoms with Gasteiger partial charge in [0.15, 0.2) is 0 Å². The van der Waals surface area contributed by atoms with Crippen LogP contribution in [0.5, 0.6) is 0 Å². The molecule has 0 radical (unpaired) electrons. The lowest BCUT2D eigenvalue weighted by molar-refractivity contribution is -0.139. The Hall–Kier alpha value is -2.41. The van der Waals surface area contributed by atoms with Gasteiger partial charge in [0.2, 0.25) is 5.91 Å². The number of carbonyl (C=O) groups excluding carboxylic acids is 1. The van der Waals surface area contributed by atoms with E-state index in [0.717, 1.165) is 6.07 Å². The summed E-state index contributed by atoms with van der Waals surface area (Å²) in [6.07, 6.45) is -5.95. The normalized spacial score (nSPS) is 12.7. The second-order valence-corrected chi connectivity index (χ2v) is 5.50. The van der Waals surface area contributed by atoms with Gasteiger partial charge in [-0.1, -0.05) is 36.4 Å². The summed E-state index contributed by atoms with van der Waals surface area (Å²) in [4.78, 5) is 11.8. The number of halogens is 4. The van der Waals surface area contributed by atoms with Crippen molar-refractivity contribution in [2.45, 2.75) is 25.1 Å². The van der Waals surface area contributed by atoms with Crippen LogP contribution < -0.4 is 5.32 Å². The van der Waals surface area contributed by atoms with E-state index in [0.29, 0.717) is 5.56 Å². The van der Waals surface area contributed by atoms with Crippen LogP contribution >= 0.6 is 0 Å². The summed E-state index contributed by atoms with van der Waals surface area (Å²) in [5, 5.41) is 12.3. The minimum absolute atomic E-state index is 0.0332. The van der Waals surface area contributed by atoms with Gasteiger partial charge in [0, 0.05) is 13.0 Å². The molecule has 0 fully saturated rings. The highest BCUT2D eigenvalue weighted by Crippen LogP contribution is 2.34. The summed E-state index contributed by atoms with van der Waals surface area (Å²) in [5.74, 6) is -0.902. The average Bonchev–Trinajstić information content (AvgIpc) is 2.58. The molecule has 0 aliphatic rings. The highest BCUT2D eigenvalue weighted by Gasteiger charge is 2.34. The lowest BCUT2D eigenvalue weighted by atomic mass is 10.0. The molecule has 1 unspecified atom stereocenters. The highest BCUT2D eigenvalue weighted by molar-refractivity contribution is 5.76. The van der Waals surface area contributed by atoms with E-state index in [-0.39, 0.29) is 24.9 Å². The second-order valence-electron chi connectivity index (χ2n) is 5.50. The lowest BCUT2D eigenvalue weighted by Crippen LogP contribution is -2.29. The Morgan fingerprint density at radius 2 is 1.72 bits per heavy atom. The molecule has 7 heteroatoms. The number of nitrogens with one attached hydrogen (secondary N) is 1. The van der Waals surface area contributed by atoms with E-state index in [9.17, 15) is 27.5 Å². The molecular weight excluding hydrogens is 338 g/mol. The first-order chi connectivity index (χ1) is 11.8. The molecule has 0 spiro atoms. The molecule has 1 amide bonds. The summed E-state index contributed by atoms with van der Waals surface area (Å²) in [5.41, 5.74) is -0.867. The maximum Gasteiger partial charge on any atom is 0.416 e. The highest BCUT2D eigenvalue weighted by atomic mass is 19.4. The van der Waals surface area contributed by atoms with Gasteiger partial charge in [0.1, 0.15) is 5.82 Å². The molecule has 0 saturated carbocycles. The largest absolute Gasteiger partial charge is 0.416 e. The molecule has 0 aliphatic heterocycles. The molecular formula is C18H17F4NO2. The van der Waals surface area contributed by atoms with Crippen LogP contribution in [0, 0.1) is 5.82 Å². The Labute approximate surface area is 142 Å². The van der Waals surface area contributed by atoms with E-state index < -0.39 is 29.6 Å². The van der Waals surface area contributed by atoms with Gasteiger partial charge >= 0.3 is 6.18 Å². The first-order valence-electron chi connectivity index (χ1n) is 7.63. The monoisotopic (exact) mass is 355 g/mol. The Bertz CT molecular complexity index is 731. The van der Waals surface area contributed by atoms with Gasteiger partial charge < -0.3 is 10.4 Å².